The maximum absolute atomic E-state index is 13.6. The molecule has 1 aliphatic heterocycles. The molecule has 2 aromatic carbocycles. The molecule has 3 aromatic rings. The average molecular weight is 477 g/mol. The summed E-state index contributed by atoms with van der Waals surface area (Å²) in [4.78, 5) is 25.9. The van der Waals surface area contributed by atoms with Crippen molar-refractivity contribution in [3.05, 3.63) is 74.9 Å². The Bertz CT molecular complexity index is 1290. The standard InChI is InChI=1S/C21H17ClN2O5S2/c1-2-29-16-6-4-3-5-13(16)17-19-15(8-7-14(22)18(19)20(23)25)24(21(17)26)31(27,28)12-9-10-30-11-12/h3-11,17H,2H2,1H3,(H2,23,25). The number of amides is 2. The van der Waals surface area contributed by atoms with E-state index in [1.807, 2.05) is 0 Å². The van der Waals surface area contributed by atoms with E-state index in [0.717, 1.165) is 4.31 Å². The molecular weight excluding hydrogens is 460 g/mol. The van der Waals surface area contributed by atoms with Crippen molar-refractivity contribution in [2.24, 2.45) is 5.73 Å². The van der Waals surface area contributed by atoms with Gasteiger partial charge in [-0.3, -0.25) is 9.59 Å². The Balaban J connectivity index is 2.03. The predicted molar refractivity (Wildman–Crippen MR) is 118 cm³/mol. The minimum Gasteiger partial charge on any atom is -0.494 e. The summed E-state index contributed by atoms with van der Waals surface area (Å²) >= 11 is 7.45. The molecule has 1 aromatic heterocycles. The lowest BCUT2D eigenvalue weighted by Gasteiger charge is -2.18. The van der Waals surface area contributed by atoms with Crippen LogP contribution < -0.4 is 14.8 Å². The van der Waals surface area contributed by atoms with Gasteiger partial charge in [-0.2, -0.15) is 11.3 Å². The average Bonchev–Trinajstić information content (AvgIpc) is 3.35. The molecule has 2 N–H and O–H groups in total. The van der Waals surface area contributed by atoms with Gasteiger partial charge < -0.3 is 10.5 Å². The Kier molecular flexibility index (Phi) is 5.50. The lowest BCUT2D eigenvalue weighted by molar-refractivity contribution is -0.117. The molecule has 1 atom stereocenters. The molecule has 1 aliphatic rings. The number of nitrogens with zero attached hydrogens (tertiary/aromatic N) is 1. The summed E-state index contributed by atoms with van der Waals surface area (Å²) < 4.78 is 33.1. The fraction of sp³-hybridized carbons (Fsp3) is 0.143. The first-order chi connectivity index (χ1) is 14.8. The number of para-hydroxylation sites is 1. The molecule has 0 fully saturated rings. The number of carbonyl (C=O) groups excluding carboxylic acids is 2. The van der Waals surface area contributed by atoms with Crippen molar-refractivity contribution < 1.29 is 22.7 Å². The van der Waals surface area contributed by atoms with Crippen LogP contribution in [0.1, 0.15) is 34.3 Å². The summed E-state index contributed by atoms with van der Waals surface area (Å²) in [6.07, 6.45) is 0. The number of fused-ring (bicyclic) bond motifs is 1. The van der Waals surface area contributed by atoms with Gasteiger partial charge in [-0.05, 0) is 36.6 Å². The molecule has 2 heterocycles. The molecular formula is C21H17ClN2O5S2. The van der Waals surface area contributed by atoms with Crippen molar-refractivity contribution in [1.29, 1.82) is 0 Å². The zero-order chi connectivity index (χ0) is 22.3. The number of nitrogens with two attached hydrogens (primary N) is 1. The summed E-state index contributed by atoms with van der Waals surface area (Å²) in [7, 11) is -4.22. The van der Waals surface area contributed by atoms with Crippen LogP contribution in [0.25, 0.3) is 0 Å². The SMILES string of the molecule is CCOc1ccccc1C1C(=O)N(S(=O)(=O)c2ccsc2)c2ccc(Cl)c(C(N)=O)c21. The van der Waals surface area contributed by atoms with Crippen molar-refractivity contribution in [2.75, 3.05) is 10.9 Å². The topological polar surface area (TPSA) is 107 Å². The highest BCUT2D eigenvalue weighted by atomic mass is 35.5. The van der Waals surface area contributed by atoms with Crippen molar-refractivity contribution in [2.45, 2.75) is 17.7 Å². The molecule has 31 heavy (non-hydrogen) atoms. The monoisotopic (exact) mass is 476 g/mol. The van der Waals surface area contributed by atoms with Crippen LogP contribution in [0, 0.1) is 0 Å². The summed E-state index contributed by atoms with van der Waals surface area (Å²) in [6, 6.07) is 11.0. The van der Waals surface area contributed by atoms with Crippen LogP contribution in [-0.4, -0.2) is 26.8 Å². The van der Waals surface area contributed by atoms with Gasteiger partial charge in [0.25, 0.3) is 21.8 Å². The van der Waals surface area contributed by atoms with Crippen molar-refractivity contribution in [3.63, 3.8) is 0 Å². The second-order valence-corrected chi connectivity index (χ2v) is 9.66. The van der Waals surface area contributed by atoms with E-state index in [9.17, 15) is 18.0 Å². The number of primary amides is 1. The van der Waals surface area contributed by atoms with E-state index in [2.05, 4.69) is 0 Å². The molecule has 0 spiro atoms. The van der Waals surface area contributed by atoms with E-state index in [-0.39, 0.29) is 26.7 Å². The van der Waals surface area contributed by atoms with Gasteiger partial charge in [0.05, 0.1) is 33.7 Å². The van der Waals surface area contributed by atoms with Crippen LogP contribution in [0.5, 0.6) is 5.75 Å². The smallest absolute Gasteiger partial charge is 0.271 e. The number of hydrogen-bond acceptors (Lipinski definition) is 6. The Morgan fingerprint density at radius 2 is 1.97 bits per heavy atom. The second kappa shape index (κ2) is 7.99. The Labute approximate surface area is 188 Å². The number of ether oxygens (including phenoxy) is 1. The zero-order valence-corrected chi connectivity index (χ0v) is 18.6. The normalized spacial score (nSPS) is 15.7. The first-order valence-corrected chi connectivity index (χ1v) is 12.0. The summed E-state index contributed by atoms with van der Waals surface area (Å²) in [5.41, 5.74) is 6.11. The highest BCUT2D eigenvalue weighted by Crippen LogP contribution is 2.49. The van der Waals surface area contributed by atoms with Gasteiger partial charge >= 0.3 is 0 Å². The largest absolute Gasteiger partial charge is 0.494 e. The zero-order valence-electron chi connectivity index (χ0n) is 16.2. The number of sulfonamides is 1. The van der Waals surface area contributed by atoms with Gasteiger partial charge in [-0.25, -0.2) is 12.7 Å². The summed E-state index contributed by atoms with van der Waals surface area (Å²) in [5.74, 6) is -2.33. The quantitative estimate of drug-likeness (QED) is 0.582. The Morgan fingerprint density at radius 3 is 2.61 bits per heavy atom. The maximum Gasteiger partial charge on any atom is 0.271 e. The molecule has 0 saturated heterocycles. The van der Waals surface area contributed by atoms with E-state index < -0.39 is 27.8 Å². The van der Waals surface area contributed by atoms with Crippen LogP contribution in [0.3, 0.4) is 0 Å². The molecule has 2 amide bonds. The van der Waals surface area contributed by atoms with E-state index in [1.54, 1.807) is 36.6 Å². The molecule has 10 heteroatoms. The van der Waals surface area contributed by atoms with Crippen molar-refractivity contribution in [1.82, 2.24) is 0 Å². The van der Waals surface area contributed by atoms with Crippen molar-refractivity contribution in [3.8, 4) is 5.75 Å². The van der Waals surface area contributed by atoms with E-state index >= 15 is 0 Å². The molecule has 0 aliphatic carbocycles. The van der Waals surface area contributed by atoms with Gasteiger partial charge in [0, 0.05) is 16.5 Å². The highest BCUT2D eigenvalue weighted by molar-refractivity contribution is 7.93. The van der Waals surface area contributed by atoms with Gasteiger partial charge in [-0.15, -0.1) is 0 Å². The number of carbonyl (C=O) groups is 2. The van der Waals surface area contributed by atoms with Gasteiger partial charge in [0.15, 0.2) is 0 Å². The molecule has 0 bridgehead atoms. The summed E-state index contributed by atoms with van der Waals surface area (Å²) in [6.45, 7) is 2.13. The fourth-order valence-electron chi connectivity index (χ4n) is 3.71. The lowest BCUT2D eigenvalue weighted by Crippen LogP contribution is -2.35. The Hall–Kier alpha value is -2.88. The maximum atomic E-state index is 13.6. The van der Waals surface area contributed by atoms with Crippen LogP contribution in [0.4, 0.5) is 5.69 Å². The first kappa shape index (κ1) is 21.4. The van der Waals surface area contributed by atoms with Gasteiger partial charge in [0.2, 0.25) is 0 Å². The number of anilines is 1. The van der Waals surface area contributed by atoms with E-state index in [1.165, 1.54) is 34.9 Å². The molecule has 160 valence electrons. The number of rotatable bonds is 6. The van der Waals surface area contributed by atoms with Gasteiger partial charge in [0.1, 0.15) is 5.75 Å². The van der Waals surface area contributed by atoms with Crippen LogP contribution >= 0.6 is 22.9 Å². The second-order valence-electron chi connectivity index (χ2n) is 6.69. The molecule has 1 unspecified atom stereocenters. The minimum atomic E-state index is -4.22. The van der Waals surface area contributed by atoms with Crippen LogP contribution in [0.15, 0.2) is 58.1 Å². The lowest BCUT2D eigenvalue weighted by atomic mass is 9.88. The number of hydrogen-bond donors (Lipinski definition) is 1. The third kappa shape index (κ3) is 3.38. The molecule has 0 radical (unpaired) electrons. The third-order valence-electron chi connectivity index (χ3n) is 4.94. The highest BCUT2D eigenvalue weighted by Gasteiger charge is 2.48. The number of halogens is 1. The van der Waals surface area contributed by atoms with Crippen LogP contribution in [0.2, 0.25) is 5.02 Å². The Morgan fingerprint density at radius 1 is 1.23 bits per heavy atom. The van der Waals surface area contributed by atoms with Crippen LogP contribution in [-0.2, 0) is 14.8 Å². The minimum absolute atomic E-state index is 0.0221. The molecule has 4 rings (SSSR count). The van der Waals surface area contributed by atoms with E-state index in [0.29, 0.717) is 17.9 Å². The molecule has 0 saturated carbocycles. The van der Waals surface area contributed by atoms with Gasteiger partial charge in [-0.1, -0.05) is 29.8 Å². The first-order valence-electron chi connectivity index (χ1n) is 9.24. The number of thiophene rings is 1. The third-order valence-corrected chi connectivity index (χ3v) is 7.79. The van der Waals surface area contributed by atoms with E-state index in [4.69, 9.17) is 22.1 Å². The predicted octanol–water partition coefficient (Wildman–Crippen LogP) is 3.77. The summed E-state index contributed by atoms with van der Waals surface area (Å²) in [5, 5.41) is 3.08. The fourth-order valence-corrected chi connectivity index (χ4v) is 6.43. The van der Waals surface area contributed by atoms with Crippen molar-refractivity contribution >= 4 is 50.5 Å². The molecule has 7 nitrogen and oxygen atoms in total. The number of benzene rings is 2.